The lowest BCUT2D eigenvalue weighted by atomic mass is 9.71. The molecular weight excluding hydrogens is 320 g/mol. The summed E-state index contributed by atoms with van der Waals surface area (Å²) in [5.41, 5.74) is -0.452. The molecule has 0 aromatic rings. The van der Waals surface area contributed by atoms with Crippen LogP contribution < -0.4 is 0 Å². The van der Waals surface area contributed by atoms with Gasteiger partial charge in [-0.25, -0.2) is 4.79 Å². The minimum absolute atomic E-state index is 0.0825. The summed E-state index contributed by atoms with van der Waals surface area (Å²) in [5.74, 6) is -1.02. The van der Waals surface area contributed by atoms with Crippen LogP contribution in [0, 0.1) is 29.1 Å². The second-order valence-electron chi connectivity index (χ2n) is 8.78. The summed E-state index contributed by atoms with van der Waals surface area (Å²) in [6.07, 6.45) is 9.96. The van der Waals surface area contributed by atoms with E-state index in [0.29, 0.717) is 6.42 Å². The highest BCUT2D eigenvalue weighted by atomic mass is 16.6. The first-order valence-electron chi connectivity index (χ1n) is 9.42. The molecule has 3 unspecified atom stereocenters. The van der Waals surface area contributed by atoms with Crippen molar-refractivity contribution in [3.8, 4) is 0 Å². The number of ketones is 1. The third kappa shape index (κ3) is 2.63. The van der Waals surface area contributed by atoms with Crippen LogP contribution in [0.5, 0.6) is 0 Å². The van der Waals surface area contributed by atoms with Crippen molar-refractivity contribution in [3.05, 3.63) is 12.2 Å². The van der Waals surface area contributed by atoms with Gasteiger partial charge in [0.05, 0.1) is 5.92 Å². The standard InChI is InChI=1S/C20H26O5/c1-19(2,20-7-5-12(10-20)6-8-20)25-16(21)11-24-18(23)15-9-13-3-4-14(15)17(13)22/h3-4,12-15H,5-11H2,1-2H3. The molecule has 4 aliphatic carbocycles. The zero-order valence-corrected chi connectivity index (χ0v) is 15.0. The maximum Gasteiger partial charge on any atom is 0.344 e. The number of allylic oxidation sites excluding steroid dienone is 2. The molecule has 0 spiro atoms. The van der Waals surface area contributed by atoms with E-state index in [2.05, 4.69) is 0 Å². The molecule has 5 nitrogen and oxygen atoms in total. The smallest absolute Gasteiger partial charge is 0.344 e. The molecule has 4 bridgehead atoms. The third-order valence-electron chi connectivity index (χ3n) is 7.21. The van der Waals surface area contributed by atoms with E-state index >= 15 is 0 Å². The highest BCUT2D eigenvalue weighted by Gasteiger charge is 2.55. The van der Waals surface area contributed by atoms with Crippen molar-refractivity contribution < 1.29 is 23.9 Å². The molecule has 4 aliphatic rings. The fourth-order valence-electron chi connectivity index (χ4n) is 5.58. The molecule has 0 saturated heterocycles. The van der Waals surface area contributed by atoms with Crippen LogP contribution >= 0.6 is 0 Å². The van der Waals surface area contributed by atoms with Crippen LogP contribution in [-0.2, 0) is 23.9 Å². The molecule has 5 heteroatoms. The monoisotopic (exact) mass is 346 g/mol. The Hall–Kier alpha value is -1.65. The summed E-state index contributed by atoms with van der Waals surface area (Å²) in [6.45, 7) is 3.60. The molecular formula is C20H26O5. The molecule has 25 heavy (non-hydrogen) atoms. The maximum absolute atomic E-state index is 12.3. The van der Waals surface area contributed by atoms with Crippen LogP contribution in [0.4, 0.5) is 0 Å². The quantitative estimate of drug-likeness (QED) is 0.565. The lowest BCUT2D eigenvalue weighted by molar-refractivity contribution is -0.180. The van der Waals surface area contributed by atoms with Crippen molar-refractivity contribution in [1.82, 2.24) is 0 Å². The zero-order chi connectivity index (χ0) is 17.8. The Bertz CT molecular complexity index is 638. The maximum atomic E-state index is 12.3. The van der Waals surface area contributed by atoms with Crippen molar-refractivity contribution in [2.24, 2.45) is 29.1 Å². The van der Waals surface area contributed by atoms with Crippen LogP contribution in [0.2, 0.25) is 0 Å². The van der Waals surface area contributed by atoms with E-state index in [4.69, 9.17) is 9.47 Å². The van der Waals surface area contributed by atoms with Gasteiger partial charge < -0.3 is 9.47 Å². The van der Waals surface area contributed by atoms with Gasteiger partial charge in [-0.15, -0.1) is 0 Å². The number of carbonyl (C=O) groups excluding carboxylic acids is 3. The topological polar surface area (TPSA) is 69.7 Å². The molecule has 0 aromatic carbocycles. The summed E-state index contributed by atoms with van der Waals surface area (Å²) in [4.78, 5) is 36.3. The summed E-state index contributed by atoms with van der Waals surface area (Å²) in [6, 6.07) is 0. The second-order valence-corrected chi connectivity index (χ2v) is 8.78. The van der Waals surface area contributed by atoms with Gasteiger partial charge in [0.15, 0.2) is 6.61 Å². The van der Waals surface area contributed by atoms with Crippen molar-refractivity contribution >= 4 is 17.7 Å². The molecule has 3 saturated carbocycles. The first-order chi connectivity index (χ1) is 11.8. The van der Waals surface area contributed by atoms with Gasteiger partial charge in [-0.2, -0.15) is 0 Å². The normalized spacial score (nSPS) is 38.4. The Morgan fingerprint density at radius 1 is 1.24 bits per heavy atom. The predicted molar refractivity (Wildman–Crippen MR) is 89.4 cm³/mol. The molecule has 4 rings (SSSR count). The predicted octanol–water partition coefficient (Wildman–Crippen LogP) is 2.82. The number of hydrogen-bond donors (Lipinski definition) is 0. The van der Waals surface area contributed by atoms with Crippen molar-refractivity contribution in [2.75, 3.05) is 6.61 Å². The van der Waals surface area contributed by atoms with Crippen LogP contribution in [0.1, 0.15) is 52.4 Å². The Morgan fingerprint density at radius 3 is 2.48 bits per heavy atom. The highest BCUT2D eigenvalue weighted by Crippen LogP contribution is 2.60. The fourth-order valence-corrected chi connectivity index (χ4v) is 5.58. The first kappa shape index (κ1) is 16.8. The Balaban J connectivity index is 1.30. The molecule has 136 valence electrons. The Morgan fingerprint density at radius 2 is 1.96 bits per heavy atom. The zero-order valence-electron chi connectivity index (χ0n) is 15.0. The number of fused-ring (bicyclic) bond motifs is 4. The Labute approximate surface area is 148 Å². The van der Waals surface area contributed by atoms with E-state index in [0.717, 1.165) is 25.2 Å². The molecule has 0 aliphatic heterocycles. The number of carbonyl (C=O) groups is 3. The van der Waals surface area contributed by atoms with E-state index in [9.17, 15) is 14.4 Å². The van der Waals surface area contributed by atoms with Gasteiger partial charge in [-0.3, -0.25) is 9.59 Å². The molecule has 0 radical (unpaired) electrons. The number of Topliss-reactive ketones (excluding diaryl/α,β-unsaturated/α-hetero) is 1. The van der Waals surface area contributed by atoms with Gasteiger partial charge >= 0.3 is 11.9 Å². The first-order valence-corrected chi connectivity index (χ1v) is 9.42. The molecule has 0 N–H and O–H groups in total. The average Bonchev–Trinajstić information content (AvgIpc) is 3.34. The van der Waals surface area contributed by atoms with Gasteiger partial charge in [0.2, 0.25) is 0 Å². The summed E-state index contributed by atoms with van der Waals surface area (Å²) >= 11 is 0. The van der Waals surface area contributed by atoms with Gasteiger partial charge in [0.25, 0.3) is 0 Å². The summed E-state index contributed by atoms with van der Waals surface area (Å²) < 4.78 is 10.9. The van der Waals surface area contributed by atoms with E-state index in [1.165, 1.54) is 12.8 Å². The number of hydrogen-bond acceptors (Lipinski definition) is 5. The van der Waals surface area contributed by atoms with Crippen LogP contribution in [0.25, 0.3) is 0 Å². The van der Waals surface area contributed by atoms with E-state index in [1.807, 2.05) is 19.9 Å². The lowest BCUT2D eigenvalue weighted by Gasteiger charge is -2.42. The van der Waals surface area contributed by atoms with Gasteiger partial charge in [0, 0.05) is 17.3 Å². The largest absolute Gasteiger partial charge is 0.457 e. The summed E-state index contributed by atoms with van der Waals surface area (Å²) in [5, 5.41) is 0. The van der Waals surface area contributed by atoms with Crippen molar-refractivity contribution in [3.63, 3.8) is 0 Å². The minimum Gasteiger partial charge on any atom is -0.457 e. The third-order valence-corrected chi connectivity index (χ3v) is 7.21. The number of ether oxygens (including phenoxy) is 2. The molecule has 0 heterocycles. The van der Waals surface area contributed by atoms with Gasteiger partial charge in [0.1, 0.15) is 11.4 Å². The van der Waals surface area contributed by atoms with Crippen molar-refractivity contribution in [1.29, 1.82) is 0 Å². The van der Waals surface area contributed by atoms with E-state index < -0.39 is 23.5 Å². The van der Waals surface area contributed by atoms with E-state index in [-0.39, 0.29) is 29.6 Å². The Kier molecular flexibility index (Phi) is 3.82. The van der Waals surface area contributed by atoms with E-state index in [1.54, 1.807) is 6.08 Å². The van der Waals surface area contributed by atoms with Gasteiger partial charge in [-0.05, 0) is 58.3 Å². The van der Waals surface area contributed by atoms with Crippen LogP contribution in [0.3, 0.4) is 0 Å². The number of esters is 2. The lowest BCUT2D eigenvalue weighted by Crippen LogP contribution is -2.45. The molecule has 0 amide bonds. The highest BCUT2D eigenvalue weighted by molar-refractivity contribution is 5.97. The average molecular weight is 346 g/mol. The molecule has 3 fully saturated rings. The van der Waals surface area contributed by atoms with Gasteiger partial charge in [-0.1, -0.05) is 12.2 Å². The molecule has 3 atom stereocenters. The minimum atomic E-state index is -0.535. The van der Waals surface area contributed by atoms with Crippen molar-refractivity contribution in [2.45, 2.75) is 58.0 Å². The fraction of sp³-hybridized carbons (Fsp3) is 0.750. The number of rotatable bonds is 5. The van der Waals surface area contributed by atoms with Crippen LogP contribution in [-0.4, -0.2) is 29.9 Å². The SMILES string of the molecule is CC(C)(OC(=O)COC(=O)C1CC2C=CC1C2=O)C12CCC(CC1)C2. The second kappa shape index (κ2) is 5.68. The van der Waals surface area contributed by atoms with Crippen LogP contribution in [0.15, 0.2) is 12.2 Å². The summed E-state index contributed by atoms with van der Waals surface area (Å²) in [7, 11) is 0. The molecule has 0 aromatic heterocycles.